The number of aryl methyl sites for hydroxylation is 1. The van der Waals surface area contributed by atoms with Crippen molar-refractivity contribution in [3.8, 4) is 5.75 Å². The average molecular weight is 248 g/mol. The molecule has 0 aliphatic carbocycles. The molecule has 0 spiro atoms. The largest absolute Gasteiger partial charge is 0.493 e. The summed E-state index contributed by atoms with van der Waals surface area (Å²) in [6.07, 6.45) is 3.68. The molecule has 0 amide bonds. The molecule has 0 unspecified atom stereocenters. The normalized spacial score (nSPS) is 11.1. The summed E-state index contributed by atoms with van der Waals surface area (Å²) in [6.45, 7) is 6.90. The molecule has 0 saturated heterocycles. The highest BCUT2D eigenvalue weighted by Gasteiger charge is 2.03. The smallest absolute Gasteiger partial charge is 0.328 e. The minimum atomic E-state index is -0.954. The SMILES string of the molecule is Cc1ccc(OCCC(C)C)c(C=CC(=O)O)c1. The van der Waals surface area contributed by atoms with E-state index < -0.39 is 5.97 Å². The van der Waals surface area contributed by atoms with Crippen LogP contribution in [-0.4, -0.2) is 17.7 Å². The molecule has 98 valence electrons. The maximum Gasteiger partial charge on any atom is 0.328 e. The second-order valence-corrected chi connectivity index (χ2v) is 4.74. The van der Waals surface area contributed by atoms with E-state index in [9.17, 15) is 4.79 Å². The summed E-state index contributed by atoms with van der Waals surface area (Å²) < 4.78 is 5.69. The third-order valence-electron chi connectivity index (χ3n) is 2.52. The minimum absolute atomic E-state index is 0.591. The fourth-order valence-corrected chi connectivity index (χ4v) is 1.50. The second-order valence-electron chi connectivity index (χ2n) is 4.74. The summed E-state index contributed by atoms with van der Waals surface area (Å²) in [5.74, 6) is 0.372. The zero-order chi connectivity index (χ0) is 13.5. The highest BCUT2D eigenvalue weighted by molar-refractivity contribution is 5.85. The number of hydrogen-bond acceptors (Lipinski definition) is 2. The molecule has 0 radical (unpaired) electrons. The Morgan fingerprint density at radius 2 is 2.17 bits per heavy atom. The third kappa shape index (κ3) is 5.04. The van der Waals surface area contributed by atoms with Crippen molar-refractivity contribution >= 4 is 12.0 Å². The maximum atomic E-state index is 10.5. The lowest BCUT2D eigenvalue weighted by molar-refractivity contribution is -0.131. The van der Waals surface area contributed by atoms with Crippen molar-refractivity contribution in [1.29, 1.82) is 0 Å². The second kappa shape index (κ2) is 6.84. The van der Waals surface area contributed by atoms with Crippen LogP contribution in [0, 0.1) is 12.8 Å². The Kier molecular flexibility index (Phi) is 5.43. The first-order valence-corrected chi connectivity index (χ1v) is 6.13. The molecule has 0 fully saturated rings. The summed E-state index contributed by atoms with van der Waals surface area (Å²) >= 11 is 0. The molecule has 3 heteroatoms. The highest BCUT2D eigenvalue weighted by atomic mass is 16.5. The monoisotopic (exact) mass is 248 g/mol. The van der Waals surface area contributed by atoms with Crippen LogP contribution in [0.25, 0.3) is 6.08 Å². The van der Waals surface area contributed by atoms with Crippen molar-refractivity contribution in [2.24, 2.45) is 5.92 Å². The topological polar surface area (TPSA) is 46.5 Å². The predicted molar refractivity (Wildman–Crippen MR) is 72.8 cm³/mol. The first-order valence-electron chi connectivity index (χ1n) is 6.13. The molecule has 0 aliphatic heterocycles. The molecule has 0 bridgehead atoms. The first-order chi connectivity index (χ1) is 8.49. The van der Waals surface area contributed by atoms with Gasteiger partial charge in [0.05, 0.1) is 6.61 Å². The zero-order valence-corrected chi connectivity index (χ0v) is 11.1. The Bertz CT molecular complexity index is 433. The van der Waals surface area contributed by atoms with E-state index in [-0.39, 0.29) is 0 Å². The molecule has 3 nitrogen and oxygen atoms in total. The summed E-state index contributed by atoms with van der Waals surface area (Å²) in [5, 5.41) is 8.66. The van der Waals surface area contributed by atoms with Crippen LogP contribution < -0.4 is 4.74 Å². The minimum Gasteiger partial charge on any atom is -0.493 e. The van der Waals surface area contributed by atoms with Gasteiger partial charge < -0.3 is 9.84 Å². The van der Waals surface area contributed by atoms with Crippen LogP contribution in [0.1, 0.15) is 31.4 Å². The van der Waals surface area contributed by atoms with Gasteiger partial charge in [0, 0.05) is 11.6 Å². The van der Waals surface area contributed by atoms with Crippen LogP contribution in [0.15, 0.2) is 24.3 Å². The fourth-order valence-electron chi connectivity index (χ4n) is 1.50. The molecule has 0 aromatic heterocycles. The van der Waals surface area contributed by atoms with Crippen LogP contribution in [0.5, 0.6) is 5.75 Å². The molecule has 0 heterocycles. The number of carbonyl (C=O) groups is 1. The van der Waals surface area contributed by atoms with Gasteiger partial charge in [-0.15, -0.1) is 0 Å². The van der Waals surface area contributed by atoms with Crippen molar-refractivity contribution in [2.75, 3.05) is 6.61 Å². The number of carboxylic acid groups (broad SMARTS) is 1. The van der Waals surface area contributed by atoms with Gasteiger partial charge in [0.15, 0.2) is 0 Å². The highest BCUT2D eigenvalue weighted by Crippen LogP contribution is 2.22. The number of aliphatic carboxylic acids is 1. The van der Waals surface area contributed by atoms with E-state index in [1.165, 1.54) is 0 Å². The quantitative estimate of drug-likeness (QED) is 0.783. The number of benzene rings is 1. The van der Waals surface area contributed by atoms with Gasteiger partial charge in [0.25, 0.3) is 0 Å². The van der Waals surface area contributed by atoms with Gasteiger partial charge in [-0.25, -0.2) is 4.79 Å². The summed E-state index contributed by atoms with van der Waals surface area (Å²) in [4.78, 5) is 10.5. The Labute approximate surface area is 108 Å². The summed E-state index contributed by atoms with van der Waals surface area (Å²) in [7, 11) is 0. The van der Waals surface area contributed by atoms with E-state index in [1.807, 2.05) is 25.1 Å². The van der Waals surface area contributed by atoms with Gasteiger partial charge >= 0.3 is 5.97 Å². The lowest BCUT2D eigenvalue weighted by atomic mass is 10.1. The number of carboxylic acids is 1. The Balaban J connectivity index is 2.79. The molecule has 1 aromatic carbocycles. The lowest BCUT2D eigenvalue weighted by Crippen LogP contribution is -2.02. The molecule has 18 heavy (non-hydrogen) atoms. The molecule has 1 N–H and O–H groups in total. The van der Waals surface area contributed by atoms with E-state index in [4.69, 9.17) is 9.84 Å². The molecule has 0 saturated carbocycles. The predicted octanol–water partition coefficient (Wildman–Crippen LogP) is 3.52. The van der Waals surface area contributed by atoms with Crippen molar-refractivity contribution in [1.82, 2.24) is 0 Å². The van der Waals surface area contributed by atoms with E-state index in [0.29, 0.717) is 12.5 Å². The van der Waals surface area contributed by atoms with Gasteiger partial charge in [0.2, 0.25) is 0 Å². The molecule has 1 rings (SSSR count). The van der Waals surface area contributed by atoms with Crippen LogP contribution in [0.3, 0.4) is 0 Å². The van der Waals surface area contributed by atoms with Crippen LogP contribution in [0.4, 0.5) is 0 Å². The molecule has 0 atom stereocenters. The molecular formula is C15H20O3. The zero-order valence-electron chi connectivity index (χ0n) is 11.1. The molecular weight excluding hydrogens is 228 g/mol. The van der Waals surface area contributed by atoms with Crippen molar-refractivity contribution in [3.05, 3.63) is 35.4 Å². The van der Waals surface area contributed by atoms with Crippen molar-refractivity contribution in [3.63, 3.8) is 0 Å². The van der Waals surface area contributed by atoms with Gasteiger partial charge in [-0.3, -0.25) is 0 Å². The van der Waals surface area contributed by atoms with Gasteiger partial charge in [-0.05, 0) is 37.5 Å². The number of hydrogen-bond donors (Lipinski definition) is 1. The van der Waals surface area contributed by atoms with Crippen LogP contribution >= 0.6 is 0 Å². The Morgan fingerprint density at radius 3 is 2.78 bits per heavy atom. The Morgan fingerprint density at radius 1 is 1.44 bits per heavy atom. The third-order valence-corrected chi connectivity index (χ3v) is 2.52. The Hall–Kier alpha value is -1.77. The van der Waals surface area contributed by atoms with Gasteiger partial charge in [-0.2, -0.15) is 0 Å². The number of ether oxygens (including phenoxy) is 1. The van der Waals surface area contributed by atoms with Crippen LogP contribution in [-0.2, 0) is 4.79 Å². The van der Waals surface area contributed by atoms with E-state index >= 15 is 0 Å². The molecule has 1 aromatic rings. The maximum absolute atomic E-state index is 10.5. The van der Waals surface area contributed by atoms with E-state index in [2.05, 4.69) is 13.8 Å². The fraction of sp³-hybridized carbons (Fsp3) is 0.400. The first kappa shape index (κ1) is 14.3. The summed E-state index contributed by atoms with van der Waals surface area (Å²) in [5.41, 5.74) is 1.89. The van der Waals surface area contributed by atoms with E-state index in [0.717, 1.165) is 29.4 Å². The van der Waals surface area contributed by atoms with E-state index in [1.54, 1.807) is 6.08 Å². The lowest BCUT2D eigenvalue weighted by Gasteiger charge is -2.11. The van der Waals surface area contributed by atoms with Gasteiger partial charge in [0.1, 0.15) is 5.75 Å². The van der Waals surface area contributed by atoms with Crippen molar-refractivity contribution < 1.29 is 14.6 Å². The average Bonchev–Trinajstić information content (AvgIpc) is 2.28. The summed E-state index contributed by atoms with van der Waals surface area (Å²) in [6, 6.07) is 5.77. The van der Waals surface area contributed by atoms with Crippen LogP contribution in [0.2, 0.25) is 0 Å². The van der Waals surface area contributed by atoms with Gasteiger partial charge in [-0.1, -0.05) is 25.5 Å². The molecule has 0 aliphatic rings. The number of rotatable bonds is 6. The van der Waals surface area contributed by atoms with Crippen molar-refractivity contribution in [2.45, 2.75) is 27.2 Å². The standard InChI is InChI=1S/C15H20O3/c1-11(2)8-9-18-14-6-4-12(3)10-13(14)5-7-15(16)17/h4-7,10-11H,8-9H2,1-3H3,(H,16,17).